The van der Waals surface area contributed by atoms with Gasteiger partial charge in [0, 0.05) is 7.05 Å². The molecular formula is C7H14N4. The molecule has 0 bridgehead atoms. The molecule has 0 saturated carbocycles. The largest absolute Gasteiger partial charge is 0.357 e. The predicted octanol–water partition coefficient (Wildman–Crippen LogP) is 0.762. The van der Waals surface area contributed by atoms with Crippen LogP contribution in [0.4, 0.5) is 5.95 Å². The Hall–Kier alpha value is -1.19. The highest BCUT2D eigenvalue weighted by Gasteiger charge is 2.07. The van der Waals surface area contributed by atoms with E-state index in [4.69, 9.17) is 5.84 Å². The van der Waals surface area contributed by atoms with E-state index in [-0.39, 0.29) is 0 Å². The van der Waals surface area contributed by atoms with E-state index >= 15 is 0 Å². The molecule has 0 saturated heterocycles. The van der Waals surface area contributed by atoms with Crippen molar-refractivity contribution in [2.24, 2.45) is 0 Å². The molecule has 0 radical (unpaired) electrons. The molecule has 4 nitrogen and oxygen atoms in total. The second kappa shape index (κ2) is 2.82. The topological polar surface area (TPSA) is 55.9 Å². The Kier molecular flexibility index (Phi) is 2.03. The van der Waals surface area contributed by atoms with Crippen molar-refractivity contribution in [3.8, 4) is 0 Å². The van der Waals surface area contributed by atoms with Gasteiger partial charge in [0.25, 0.3) is 0 Å². The van der Waals surface area contributed by atoms with E-state index < -0.39 is 0 Å². The zero-order chi connectivity index (χ0) is 8.43. The van der Waals surface area contributed by atoms with Gasteiger partial charge in [-0.05, 0) is 5.92 Å². The second-order valence-electron chi connectivity index (χ2n) is 2.78. The third-order valence-corrected chi connectivity index (χ3v) is 1.64. The summed E-state index contributed by atoms with van der Waals surface area (Å²) in [5.41, 5.74) is 1.04. The van der Waals surface area contributed by atoms with Crippen molar-refractivity contribution in [3.63, 3.8) is 0 Å². The number of hydrogen-bond donors (Lipinski definition) is 2. The smallest absolute Gasteiger partial charge is 0.221 e. The highest BCUT2D eigenvalue weighted by Crippen LogP contribution is 2.14. The number of anilines is 1. The summed E-state index contributed by atoms with van der Waals surface area (Å²) in [5, 5.41) is 2.90. The Morgan fingerprint density at radius 3 is 2.55 bits per heavy atom. The van der Waals surface area contributed by atoms with Crippen molar-refractivity contribution in [2.45, 2.75) is 19.8 Å². The molecule has 0 aromatic carbocycles. The van der Waals surface area contributed by atoms with Gasteiger partial charge in [-0.25, -0.2) is 9.66 Å². The van der Waals surface area contributed by atoms with Crippen molar-refractivity contribution in [2.75, 3.05) is 18.2 Å². The molecule has 0 aliphatic rings. The molecule has 1 aromatic heterocycles. The summed E-state index contributed by atoms with van der Waals surface area (Å²) in [4.78, 5) is 4.08. The van der Waals surface area contributed by atoms with E-state index in [0.717, 1.165) is 5.69 Å². The van der Waals surface area contributed by atoms with Gasteiger partial charge in [0.15, 0.2) is 0 Å². The number of nitrogens with one attached hydrogen (secondary N) is 1. The molecule has 11 heavy (non-hydrogen) atoms. The van der Waals surface area contributed by atoms with Gasteiger partial charge in [0.1, 0.15) is 0 Å². The van der Waals surface area contributed by atoms with Crippen molar-refractivity contribution in [1.82, 2.24) is 9.66 Å². The third-order valence-electron chi connectivity index (χ3n) is 1.64. The van der Waals surface area contributed by atoms with Crippen molar-refractivity contribution in [1.29, 1.82) is 0 Å². The van der Waals surface area contributed by atoms with E-state index in [2.05, 4.69) is 24.1 Å². The fourth-order valence-electron chi connectivity index (χ4n) is 0.986. The summed E-state index contributed by atoms with van der Waals surface area (Å²) in [5.74, 6) is 6.82. The van der Waals surface area contributed by atoms with Crippen LogP contribution in [-0.4, -0.2) is 16.7 Å². The molecule has 0 unspecified atom stereocenters. The number of imidazole rings is 1. The quantitative estimate of drug-likeness (QED) is 0.618. The van der Waals surface area contributed by atoms with Crippen molar-refractivity contribution in [3.05, 3.63) is 11.9 Å². The first-order chi connectivity index (χ1) is 5.16. The first kappa shape index (κ1) is 7.91. The Morgan fingerprint density at radius 2 is 2.27 bits per heavy atom. The molecular weight excluding hydrogens is 140 g/mol. The third kappa shape index (κ3) is 1.29. The molecule has 0 atom stereocenters. The minimum absolute atomic E-state index is 0.412. The fraction of sp³-hybridized carbons (Fsp3) is 0.571. The first-order valence-electron chi connectivity index (χ1n) is 3.67. The monoisotopic (exact) mass is 154 g/mol. The lowest BCUT2D eigenvalue weighted by atomic mass is 10.2. The number of nitrogens with zero attached hydrogens (tertiary/aromatic N) is 2. The average molecular weight is 154 g/mol. The molecule has 1 heterocycles. The van der Waals surface area contributed by atoms with Crippen LogP contribution in [0, 0.1) is 0 Å². The highest BCUT2D eigenvalue weighted by molar-refractivity contribution is 5.29. The van der Waals surface area contributed by atoms with E-state index in [1.165, 1.54) is 0 Å². The van der Waals surface area contributed by atoms with E-state index in [0.29, 0.717) is 11.9 Å². The van der Waals surface area contributed by atoms with Gasteiger partial charge in [-0.3, -0.25) is 0 Å². The number of rotatable bonds is 2. The molecule has 0 spiro atoms. The van der Waals surface area contributed by atoms with Gasteiger partial charge < -0.3 is 11.2 Å². The Bertz CT molecular complexity index is 239. The van der Waals surface area contributed by atoms with Crippen LogP contribution >= 0.6 is 0 Å². The average Bonchev–Trinajstić information content (AvgIpc) is 2.30. The summed E-state index contributed by atoms with van der Waals surface area (Å²) < 4.78 is 1.57. The Labute approximate surface area is 66.4 Å². The van der Waals surface area contributed by atoms with Crippen LogP contribution in [0.15, 0.2) is 6.20 Å². The van der Waals surface area contributed by atoms with Gasteiger partial charge in [-0.2, -0.15) is 0 Å². The summed E-state index contributed by atoms with van der Waals surface area (Å²) in [7, 11) is 1.80. The van der Waals surface area contributed by atoms with E-state index in [1.807, 2.05) is 0 Å². The van der Waals surface area contributed by atoms with Crippen molar-refractivity contribution < 1.29 is 0 Å². The lowest BCUT2D eigenvalue weighted by Gasteiger charge is -2.06. The normalized spacial score (nSPS) is 10.5. The summed E-state index contributed by atoms with van der Waals surface area (Å²) in [6.45, 7) is 4.17. The summed E-state index contributed by atoms with van der Waals surface area (Å²) >= 11 is 0. The molecule has 62 valence electrons. The fourth-order valence-corrected chi connectivity index (χ4v) is 0.986. The standard InChI is InChI=1S/C7H14N4/c1-5(2)6-4-10-7(9-3)11(6)8/h4-5H,8H2,1-3H3,(H,9,10). The molecule has 1 aromatic rings. The zero-order valence-electron chi connectivity index (χ0n) is 7.13. The number of nitrogens with two attached hydrogens (primary N) is 1. The minimum atomic E-state index is 0.412. The number of hydrogen-bond acceptors (Lipinski definition) is 3. The highest BCUT2D eigenvalue weighted by atomic mass is 15.4. The molecule has 0 aliphatic carbocycles. The second-order valence-corrected chi connectivity index (χ2v) is 2.78. The van der Waals surface area contributed by atoms with Gasteiger partial charge in [-0.1, -0.05) is 13.8 Å². The molecule has 0 amide bonds. The van der Waals surface area contributed by atoms with Crippen LogP contribution in [-0.2, 0) is 0 Å². The maximum absolute atomic E-state index is 5.71. The van der Waals surface area contributed by atoms with Gasteiger partial charge in [0.05, 0.1) is 11.9 Å². The van der Waals surface area contributed by atoms with E-state index in [9.17, 15) is 0 Å². The van der Waals surface area contributed by atoms with Crippen molar-refractivity contribution >= 4 is 5.95 Å². The van der Waals surface area contributed by atoms with Crippen LogP contribution < -0.4 is 11.2 Å². The minimum Gasteiger partial charge on any atom is -0.357 e. The van der Waals surface area contributed by atoms with E-state index in [1.54, 1.807) is 17.9 Å². The number of nitrogen functional groups attached to an aromatic ring is 1. The van der Waals surface area contributed by atoms with Gasteiger partial charge in [-0.15, -0.1) is 0 Å². The maximum Gasteiger partial charge on any atom is 0.221 e. The Balaban J connectivity index is 3.00. The summed E-state index contributed by atoms with van der Waals surface area (Å²) in [6.07, 6.45) is 1.79. The lowest BCUT2D eigenvalue weighted by Crippen LogP contribution is -2.15. The predicted molar refractivity (Wildman–Crippen MR) is 46.0 cm³/mol. The van der Waals surface area contributed by atoms with Crippen LogP contribution in [0.5, 0.6) is 0 Å². The van der Waals surface area contributed by atoms with Crippen LogP contribution in [0.25, 0.3) is 0 Å². The SMILES string of the molecule is CNc1ncc(C(C)C)n1N. The zero-order valence-corrected chi connectivity index (χ0v) is 7.13. The molecule has 3 N–H and O–H groups in total. The van der Waals surface area contributed by atoms with Crippen LogP contribution in [0.3, 0.4) is 0 Å². The lowest BCUT2D eigenvalue weighted by molar-refractivity contribution is 0.772. The molecule has 0 fully saturated rings. The summed E-state index contributed by atoms with van der Waals surface area (Å²) in [6, 6.07) is 0. The Morgan fingerprint density at radius 1 is 1.64 bits per heavy atom. The first-order valence-corrected chi connectivity index (χ1v) is 3.67. The number of aromatic nitrogens is 2. The van der Waals surface area contributed by atoms with Crippen LogP contribution in [0.1, 0.15) is 25.5 Å². The molecule has 1 rings (SSSR count). The van der Waals surface area contributed by atoms with Crippen LogP contribution in [0.2, 0.25) is 0 Å². The van der Waals surface area contributed by atoms with Gasteiger partial charge in [0.2, 0.25) is 5.95 Å². The van der Waals surface area contributed by atoms with Gasteiger partial charge >= 0.3 is 0 Å². The molecule has 4 heteroatoms. The molecule has 0 aliphatic heterocycles. The maximum atomic E-state index is 5.71.